The fraction of sp³-hybridized carbons (Fsp3) is 0.250. The van der Waals surface area contributed by atoms with Crippen LogP contribution in [0.2, 0.25) is 0 Å². The van der Waals surface area contributed by atoms with Gasteiger partial charge < -0.3 is 15.2 Å². The van der Waals surface area contributed by atoms with Crippen molar-refractivity contribution in [1.82, 2.24) is 9.97 Å². The van der Waals surface area contributed by atoms with Crippen molar-refractivity contribution in [2.45, 2.75) is 17.3 Å². The molecule has 0 saturated heterocycles. The summed E-state index contributed by atoms with van der Waals surface area (Å²) in [5.41, 5.74) is 1.51. The number of fused-ring (bicyclic) bond motifs is 1. The molecule has 1 heterocycles. The molecule has 3 N–H and O–H groups in total. The Morgan fingerprint density at radius 2 is 1.95 bits per heavy atom. The Kier molecular flexibility index (Phi) is 3.75. The molecule has 2 aromatic rings. The van der Waals surface area contributed by atoms with Crippen molar-refractivity contribution in [1.29, 1.82) is 0 Å². The molecule has 100 valence electrons. The number of carboxylic acids is 2. The molecule has 19 heavy (non-hydrogen) atoms. The van der Waals surface area contributed by atoms with E-state index >= 15 is 0 Å². The van der Waals surface area contributed by atoms with Gasteiger partial charge in [-0.3, -0.25) is 9.59 Å². The number of rotatable bonds is 5. The third kappa shape index (κ3) is 2.87. The number of nitrogens with one attached hydrogen (secondary N) is 1. The first kappa shape index (κ1) is 13.4. The number of hydrogen-bond donors (Lipinski definition) is 3. The molecule has 7 heteroatoms. The normalized spacial score (nSPS) is 14.2. The van der Waals surface area contributed by atoms with Gasteiger partial charge in [0.1, 0.15) is 5.25 Å². The number of carboxylic acid groups (broad SMARTS) is 2. The zero-order chi connectivity index (χ0) is 14.0. The second kappa shape index (κ2) is 5.31. The van der Waals surface area contributed by atoms with E-state index in [0.717, 1.165) is 22.8 Å². The highest BCUT2D eigenvalue weighted by molar-refractivity contribution is 8.00. The van der Waals surface area contributed by atoms with Crippen molar-refractivity contribution < 1.29 is 19.8 Å². The highest BCUT2D eigenvalue weighted by atomic mass is 32.2. The summed E-state index contributed by atoms with van der Waals surface area (Å²) in [5.74, 6) is -3.31. The van der Waals surface area contributed by atoms with Crippen molar-refractivity contribution in [2.24, 2.45) is 5.92 Å². The van der Waals surface area contributed by atoms with Gasteiger partial charge in [-0.25, -0.2) is 4.98 Å². The molecule has 0 fully saturated rings. The molecule has 0 saturated carbocycles. The third-order valence-electron chi connectivity index (χ3n) is 2.69. The summed E-state index contributed by atoms with van der Waals surface area (Å²) in [6, 6.07) is 7.28. The Bertz CT molecular complexity index is 592. The van der Waals surface area contributed by atoms with E-state index in [9.17, 15) is 9.59 Å². The van der Waals surface area contributed by atoms with Gasteiger partial charge in [-0.15, -0.1) is 0 Å². The first-order chi connectivity index (χ1) is 8.99. The van der Waals surface area contributed by atoms with Gasteiger partial charge in [-0.2, -0.15) is 0 Å². The number of thioether (sulfide) groups is 1. The second-order valence-electron chi connectivity index (χ2n) is 4.06. The summed E-state index contributed by atoms with van der Waals surface area (Å²) in [7, 11) is 0. The summed E-state index contributed by atoms with van der Waals surface area (Å²) in [4.78, 5) is 29.2. The van der Waals surface area contributed by atoms with Gasteiger partial charge in [-0.1, -0.05) is 30.8 Å². The number of benzene rings is 1. The van der Waals surface area contributed by atoms with Crippen LogP contribution in [0.25, 0.3) is 11.0 Å². The van der Waals surface area contributed by atoms with Crippen LogP contribution in [0.3, 0.4) is 0 Å². The zero-order valence-electron chi connectivity index (χ0n) is 10.0. The third-order valence-corrected chi connectivity index (χ3v) is 3.97. The molecule has 0 aliphatic carbocycles. The lowest BCUT2D eigenvalue weighted by molar-refractivity contribution is -0.146. The first-order valence-corrected chi connectivity index (χ1v) is 6.44. The average Bonchev–Trinajstić information content (AvgIpc) is 2.77. The standard InChI is InChI=1S/C12H12N2O4S/c1-6(10(15)16)9(11(17)18)19-12-13-7-4-2-3-5-8(7)14-12/h2-6,9H,1H3,(H,13,14)(H,15,16)(H,17,18). The van der Waals surface area contributed by atoms with Gasteiger partial charge in [0.05, 0.1) is 17.0 Å². The van der Waals surface area contributed by atoms with Crippen LogP contribution in [0.5, 0.6) is 0 Å². The van der Waals surface area contributed by atoms with Crippen molar-refractivity contribution in [3.63, 3.8) is 0 Å². The number of H-pyrrole nitrogens is 1. The van der Waals surface area contributed by atoms with Crippen LogP contribution in [0.1, 0.15) is 6.92 Å². The maximum atomic E-state index is 11.1. The fourth-order valence-electron chi connectivity index (χ4n) is 1.60. The maximum Gasteiger partial charge on any atom is 0.317 e. The van der Waals surface area contributed by atoms with Crippen LogP contribution in [-0.4, -0.2) is 37.4 Å². The van der Waals surface area contributed by atoms with Crippen LogP contribution in [0.4, 0.5) is 0 Å². The molecular weight excluding hydrogens is 268 g/mol. The summed E-state index contributed by atoms with van der Waals surface area (Å²) in [6.45, 7) is 1.37. The Labute approximate surface area is 112 Å². The van der Waals surface area contributed by atoms with E-state index in [1.807, 2.05) is 18.2 Å². The Morgan fingerprint density at radius 1 is 1.26 bits per heavy atom. The number of aromatic nitrogens is 2. The van der Waals surface area contributed by atoms with Crippen molar-refractivity contribution >= 4 is 34.7 Å². The van der Waals surface area contributed by atoms with E-state index in [2.05, 4.69) is 9.97 Å². The summed E-state index contributed by atoms with van der Waals surface area (Å²) < 4.78 is 0. The summed E-state index contributed by atoms with van der Waals surface area (Å²) in [6.07, 6.45) is 0. The number of carbonyl (C=O) groups is 2. The van der Waals surface area contributed by atoms with Gasteiger partial charge >= 0.3 is 11.9 Å². The first-order valence-electron chi connectivity index (χ1n) is 5.56. The van der Waals surface area contributed by atoms with E-state index in [-0.39, 0.29) is 0 Å². The van der Waals surface area contributed by atoms with E-state index in [1.54, 1.807) is 6.07 Å². The quantitative estimate of drug-likeness (QED) is 0.722. The molecule has 0 spiro atoms. The molecule has 1 aromatic heterocycles. The number of para-hydroxylation sites is 2. The van der Waals surface area contributed by atoms with Crippen LogP contribution in [0.15, 0.2) is 29.4 Å². The Balaban J connectivity index is 2.26. The van der Waals surface area contributed by atoms with Crippen LogP contribution in [0, 0.1) is 5.92 Å². The molecular formula is C12H12N2O4S. The van der Waals surface area contributed by atoms with Crippen LogP contribution in [-0.2, 0) is 9.59 Å². The van der Waals surface area contributed by atoms with Crippen LogP contribution < -0.4 is 0 Å². The Hall–Kier alpha value is -2.02. The SMILES string of the molecule is CC(C(=O)O)C(Sc1nc2ccccc2[nH]1)C(=O)O. The lowest BCUT2D eigenvalue weighted by atomic mass is 10.1. The molecule has 0 aliphatic rings. The van der Waals surface area contributed by atoms with Crippen molar-refractivity contribution in [2.75, 3.05) is 0 Å². The topological polar surface area (TPSA) is 103 Å². The minimum atomic E-state index is -1.17. The number of aliphatic carboxylic acids is 2. The Morgan fingerprint density at radius 3 is 2.53 bits per heavy atom. The molecule has 0 bridgehead atoms. The molecule has 6 nitrogen and oxygen atoms in total. The smallest absolute Gasteiger partial charge is 0.317 e. The molecule has 0 aliphatic heterocycles. The molecule has 2 atom stereocenters. The summed E-state index contributed by atoms with van der Waals surface area (Å²) in [5, 5.41) is 17.3. The summed E-state index contributed by atoms with van der Waals surface area (Å²) >= 11 is 0.912. The monoisotopic (exact) mass is 280 g/mol. The number of nitrogens with zero attached hydrogens (tertiary/aromatic N) is 1. The van der Waals surface area contributed by atoms with E-state index in [1.165, 1.54) is 6.92 Å². The number of aromatic amines is 1. The van der Waals surface area contributed by atoms with Gasteiger partial charge in [0.2, 0.25) is 0 Å². The highest BCUT2D eigenvalue weighted by Crippen LogP contribution is 2.28. The van der Waals surface area contributed by atoms with Crippen molar-refractivity contribution in [3.05, 3.63) is 24.3 Å². The lowest BCUT2D eigenvalue weighted by Gasteiger charge is -2.14. The van der Waals surface area contributed by atoms with E-state index in [4.69, 9.17) is 10.2 Å². The number of imidazole rings is 1. The van der Waals surface area contributed by atoms with Crippen LogP contribution >= 0.6 is 11.8 Å². The fourth-order valence-corrected chi connectivity index (χ4v) is 2.58. The van der Waals surface area contributed by atoms with Gasteiger partial charge in [0.25, 0.3) is 0 Å². The van der Waals surface area contributed by atoms with E-state index in [0.29, 0.717) is 5.16 Å². The van der Waals surface area contributed by atoms with Crippen molar-refractivity contribution in [3.8, 4) is 0 Å². The minimum Gasteiger partial charge on any atom is -0.481 e. The highest BCUT2D eigenvalue weighted by Gasteiger charge is 2.31. The predicted molar refractivity (Wildman–Crippen MR) is 70.2 cm³/mol. The average molecular weight is 280 g/mol. The predicted octanol–water partition coefficient (Wildman–Crippen LogP) is 1.83. The lowest BCUT2D eigenvalue weighted by Crippen LogP contribution is -2.30. The van der Waals surface area contributed by atoms with Gasteiger partial charge in [-0.05, 0) is 12.1 Å². The maximum absolute atomic E-state index is 11.1. The van der Waals surface area contributed by atoms with Gasteiger partial charge in [0, 0.05) is 0 Å². The minimum absolute atomic E-state index is 0.404. The molecule has 1 aromatic carbocycles. The van der Waals surface area contributed by atoms with E-state index < -0.39 is 23.1 Å². The zero-order valence-corrected chi connectivity index (χ0v) is 10.8. The molecule has 2 rings (SSSR count). The number of hydrogen-bond acceptors (Lipinski definition) is 4. The molecule has 0 radical (unpaired) electrons. The largest absolute Gasteiger partial charge is 0.481 e. The molecule has 2 unspecified atom stereocenters. The second-order valence-corrected chi connectivity index (χ2v) is 5.19. The van der Waals surface area contributed by atoms with Gasteiger partial charge in [0.15, 0.2) is 5.16 Å². The molecule has 0 amide bonds.